The molecule has 96 valence electrons. The number of benzene rings is 1. The van der Waals surface area contributed by atoms with E-state index in [2.05, 4.69) is 20.5 Å². The van der Waals surface area contributed by atoms with Gasteiger partial charge in [-0.15, -0.1) is 10.2 Å². The fourth-order valence-corrected chi connectivity index (χ4v) is 2.27. The van der Waals surface area contributed by atoms with E-state index in [0.29, 0.717) is 17.3 Å². The van der Waals surface area contributed by atoms with Crippen molar-refractivity contribution in [1.29, 1.82) is 0 Å². The maximum Gasteiger partial charge on any atom is 0.235 e. The van der Waals surface area contributed by atoms with Gasteiger partial charge in [-0.05, 0) is 24.5 Å². The zero-order valence-electron chi connectivity index (χ0n) is 10.0. The van der Waals surface area contributed by atoms with Crippen LogP contribution in [0.3, 0.4) is 0 Å². The number of aromatic nitrogens is 4. The van der Waals surface area contributed by atoms with Crippen molar-refractivity contribution in [3.05, 3.63) is 42.3 Å². The van der Waals surface area contributed by atoms with Gasteiger partial charge in [0.2, 0.25) is 5.95 Å². The van der Waals surface area contributed by atoms with Gasteiger partial charge in [0, 0.05) is 18.0 Å². The highest BCUT2D eigenvalue weighted by atomic mass is 32.2. The number of fused-ring (bicyclic) bond motifs is 1. The fraction of sp³-hybridized carbons (Fsp3) is 0.0833. The fourth-order valence-electron chi connectivity index (χ4n) is 1.74. The summed E-state index contributed by atoms with van der Waals surface area (Å²) in [5.74, 6) is 0.208. The Morgan fingerprint density at radius 3 is 2.95 bits per heavy atom. The van der Waals surface area contributed by atoms with Crippen molar-refractivity contribution >= 4 is 29.0 Å². The zero-order chi connectivity index (χ0) is 13.2. The standard InChI is InChI=1S/C12H10FN5S/c1-19-12-14-6-5-10-16-17-11(18(10)12)15-9-4-2-3-8(13)7-9/h2-7H,1H3,(H,15,17). The number of nitrogens with one attached hydrogen (secondary N) is 1. The first-order valence-electron chi connectivity index (χ1n) is 5.54. The molecule has 3 aromatic rings. The van der Waals surface area contributed by atoms with Crippen LogP contribution in [0.15, 0.2) is 41.7 Å². The molecule has 0 spiro atoms. The summed E-state index contributed by atoms with van der Waals surface area (Å²) in [5, 5.41) is 11.9. The molecule has 3 rings (SSSR count). The lowest BCUT2D eigenvalue weighted by Gasteiger charge is -2.06. The van der Waals surface area contributed by atoms with Gasteiger partial charge in [-0.3, -0.25) is 0 Å². The van der Waals surface area contributed by atoms with Gasteiger partial charge in [0.1, 0.15) is 5.82 Å². The number of anilines is 2. The van der Waals surface area contributed by atoms with Crippen LogP contribution in [0.5, 0.6) is 0 Å². The van der Waals surface area contributed by atoms with Crippen molar-refractivity contribution in [2.75, 3.05) is 11.6 Å². The summed E-state index contributed by atoms with van der Waals surface area (Å²) in [6.45, 7) is 0. The predicted molar refractivity (Wildman–Crippen MR) is 72.2 cm³/mol. The molecule has 0 amide bonds. The van der Waals surface area contributed by atoms with Gasteiger partial charge in [-0.1, -0.05) is 17.8 Å². The van der Waals surface area contributed by atoms with Gasteiger partial charge >= 0.3 is 0 Å². The van der Waals surface area contributed by atoms with Gasteiger partial charge in [-0.25, -0.2) is 13.8 Å². The molecular weight excluding hydrogens is 265 g/mol. The van der Waals surface area contributed by atoms with Crippen molar-refractivity contribution in [1.82, 2.24) is 19.6 Å². The monoisotopic (exact) mass is 275 g/mol. The summed E-state index contributed by atoms with van der Waals surface area (Å²) in [7, 11) is 0. The molecule has 0 aliphatic rings. The molecule has 0 unspecified atom stereocenters. The molecule has 0 fully saturated rings. The van der Waals surface area contributed by atoms with Crippen LogP contribution in [-0.2, 0) is 0 Å². The minimum Gasteiger partial charge on any atom is -0.324 e. The van der Waals surface area contributed by atoms with E-state index in [-0.39, 0.29) is 5.82 Å². The van der Waals surface area contributed by atoms with Gasteiger partial charge < -0.3 is 5.32 Å². The lowest BCUT2D eigenvalue weighted by atomic mass is 10.3. The molecule has 0 aliphatic heterocycles. The number of rotatable bonds is 3. The normalized spacial score (nSPS) is 10.8. The number of thioether (sulfide) groups is 1. The van der Waals surface area contributed by atoms with Crippen LogP contribution >= 0.6 is 11.8 Å². The molecule has 0 saturated carbocycles. The molecule has 2 aromatic heterocycles. The molecule has 0 saturated heterocycles. The van der Waals surface area contributed by atoms with Crippen LogP contribution in [0.1, 0.15) is 0 Å². The van der Waals surface area contributed by atoms with Gasteiger partial charge in [0.05, 0.1) is 0 Å². The van der Waals surface area contributed by atoms with E-state index in [0.717, 1.165) is 5.16 Å². The Balaban J connectivity index is 2.06. The molecule has 0 atom stereocenters. The van der Waals surface area contributed by atoms with Crippen LogP contribution in [0.4, 0.5) is 16.0 Å². The third kappa shape index (κ3) is 2.24. The topological polar surface area (TPSA) is 55.1 Å². The van der Waals surface area contributed by atoms with Crippen LogP contribution < -0.4 is 5.32 Å². The summed E-state index contributed by atoms with van der Waals surface area (Å²) < 4.78 is 14.9. The Morgan fingerprint density at radius 2 is 2.16 bits per heavy atom. The maximum atomic E-state index is 13.2. The third-order valence-electron chi connectivity index (χ3n) is 2.55. The van der Waals surface area contributed by atoms with E-state index < -0.39 is 0 Å². The van der Waals surface area contributed by atoms with Crippen LogP contribution in [0.2, 0.25) is 0 Å². The van der Waals surface area contributed by atoms with Crippen LogP contribution in [0.25, 0.3) is 5.65 Å². The van der Waals surface area contributed by atoms with Crippen molar-refractivity contribution in [2.45, 2.75) is 5.16 Å². The molecule has 1 aromatic carbocycles. The second-order valence-corrected chi connectivity index (χ2v) is 4.56. The Kier molecular flexibility index (Phi) is 3.04. The molecule has 2 heterocycles. The molecular formula is C12H10FN5S. The second kappa shape index (κ2) is 4.85. The van der Waals surface area contributed by atoms with Crippen molar-refractivity contribution in [3.8, 4) is 0 Å². The first-order chi connectivity index (χ1) is 9.28. The minimum atomic E-state index is -0.304. The van der Waals surface area contributed by atoms with Gasteiger partial charge in [-0.2, -0.15) is 0 Å². The number of hydrogen-bond donors (Lipinski definition) is 1. The van der Waals surface area contributed by atoms with Gasteiger partial charge in [0.15, 0.2) is 10.8 Å². The molecule has 0 bridgehead atoms. The minimum absolute atomic E-state index is 0.304. The van der Waals surface area contributed by atoms with E-state index >= 15 is 0 Å². The quantitative estimate of drug-likeness (QED) is 0.588. The highest BCUT2D eigenvalue weighted by molar-refractivity contribution is 7.98. The zero-order valence-corrected chi connectivity index (χ0v) is 10.9. The molecule has 5 nitrogen and oxygen atoms in total. The molecule has 19 heavy (non-hydrogen) atoms. The lowest BCUT2D eigenvalue weighted by Crippen LogP contribution is -2.00. The van der Waals surface area contributed by atoms with Crippen LogP contribution in [0, 0.1) is 5.82 Å². The van der Waals surface area contributed by atoms with Gasteiger partial charge in [0.25, 0.3) is 0 Å². The Hall–Kier alpha value is -2.15. The van der Waals surface area contributed by atoms with E-state index in [1.165, 1.54) is 23.9 Å². The maximum absolute atomic E-state index is 13.2. The summed E-state index contributed by atoms with van der Waals surface area (Å²) in [6, 6.07) is 7.95. The second-order valence-electron chi connectivity index (χ2n) is 3.78. The van der Waals surface area contributed by atoms with E-state index in [1.807, 2.05) is 6.26 Å². The summed E-state index contributed by atoms with van der Waals surface area (Å²) in [6.07, 6.45) is 3.61. The van der Waals surface area contributed by atoms with Crippen molar-refractivity contribution in [3.63, 3.8) is 0 Å². The van der Waals surface area contributed by atoms with Crippen molar-refractivity contribution < 1.29 is 4.39 Å². The average molecular weight is 275 g/mol. The lowest BCUT2D eigenvalue weighted by molar-refractivity contribution is 0.628. The third-order valence-corrected chi connectivity index (χ3v) is 3.20. The summed E-state index contributed by atoms with van der Waals surface area (Å²) in [5.41, 5.74) is 1.31. The number of hydrogen-bond acceptors (Lipinski definition) is 5. The van der Waals surface area contributed by atoms with E-state index in [1.54, 1.807) is 28.8 Å². The molecule has 0 radical (unpaired) electrons. The predicted octanol–water partition coefficient (Wildman–Crippen LogP) is 2.73. The molecule has 0 aliphatic carbocycles. The highest BCUT2D eigenvalue weighted by Crippen LogP contribution is 2.21. The Bertz CT molecular complexity index is 727. The summed E-state index contributed by atoms with van der Waals surface area (Å²) >= 11 is 1.49. The Morgan fingerprint density at radius 1 is 1.26 bits per heavy atom. The first kappa shape index (κ1) is 11.9. The van der Waals surface area contributed by atoms with E-state index in [4.69, 9.17) is 0 Å². The Labute approximate surface area is 112 Å². The molecule has 1 N–H and O–H groups in total. The molecule has 7 heteroatoms. The average Bonchev–Trinajstić information content (AvgIpc) is 2.82. The highest BCUT2D eigenvalue weighted by Gasteiger charge is 2.10. The summed E-state index contributed by atoms with van der Waals surface area (Å²) in [4.78, 5) is 4.25. The number of nitrogens with zero attached hydrogens (tertiary/aromatic N) is 4. The van der Waals surface area contributed by atoms with Crippen molar-refractivity contribution in [2.24, 2.45) is 0 Å². The largest absolute Gasteiger partial charge is 0.324 e. The van der Waals surface area contributed by atoms with E-state index in [9.17, 15) is 4.39 Å². The number of halogens is 1. The van der Waals surface area contributed by atoms with Crippen LogP contribution in [-0.4, -0.2) is 25.8 Å². The first-order valence-corrected chi connectivity index (χ1v) is 6.77. The SMILES string of the molecule is CSc1nccc2nnc(Nc3cccc(F)c3)n12. The smallest absolute Gasteiger partial charge is 0.235 e.